The molecule has 0 radical (unpaired) electrons. The number of piperidine rings is 1. The van der Waals surface area contributed by atoms with Crippen LogP contribution in [-0.2, 0) is 0 Å². The quantitative estimate of drug-likeness (QED) is 0.810. The van der Waals surface area contributed by atoms with Crippen molar-refractivity contribution in [3.8, 4) is 5.75 Å². The van der Waals surface area contributed by atoms with Gasteiger partial charge in [-0.05, 0) is 55.5 Å². The lowest BCUT2D eigenvalue weighted by Gasteiger charge is -2.37. The first kappa shape index (κ1) is 14.4. The average molecular weight is 261 g/mol. The minimum absolute atomic E-state index is 0.398. The molecule has 1 N–H and O–H groups in total. The summed E-state index contributed by atoms with van der Waals surface area (Å²) < 4.78 is 0. The van der Waals surface area contributed by atoms with Crippen molar-refractivity contribution >= 4 is 0 Å². The zero-order valence-corrected chi connectivity index (χ0v) is 12.3. The molecule has 2 rings (SSSR count). The van der Waals surface area contributed by atoms with Crippen LogP contribution >= 0.6 is 0 Å². The Morgan fingerprint density at radius 2 is 2.16 bits per heavy atom. The van der Waals surface area contributed by atoms with Crippen molar-refractivity contribution in [2.24, 2.45) is 5.92 Å². The van der Waals surface area contributed by atoms with E-state index in [9.17, 15) is 5.11 Å². The van der Waals surface area contributed by atoms with Crippen LogP contribution in [0.4, 0.5) is 0 Å². The van der Waals surface area contributed by atoms with E-state index in [1.807, 2.05) is 12.1 Å². The molecule has 0 aliphatic carbocycles. The van der Waals surface area contributed by atoms with Gasteiger partial charge in [0.25, 0.3) is 0 Å². The normalized spacial score (nSPS) is 24.5. The predicted octanol–water partition coefficient (Wildman–Crippen LogP) is 4.01. The number of rotatable bonds is 5. The number of phenolic OH excluding ortho intramolecular Hbond substituents is 1. The van der Waals surface area contributed by atoms with Crippen LogP contribution in [0.3, 0.4) is 0 Å². The smallest absolute Gasteiger partial charge is 0.115 e. The Labute approximate surface area is 117 Å². The third-order valence-corrected chi connectivity index (χ3v) is 4.37. The maximum Gasteiger partial charge on any atom is 0.115 e. The van der Waals surface area contributed by atoms with E-state index in [0.29, 0.717) is 17.6 Å². The molecule has 2 heteroatoms. The Bertz CT molecular complexity index is 391. The van der Waals surface area contributed by atoms with Crippen molar-refractivity contribution < 1.29 is 5.11 Å². The van der Waals surface area contributed by atoms with E-state index < -0.39 is 0 Å². The fourth-order valence-electron chi connectivity index (χ4n) is 3.27. The van der Waals surface area contributed by atoms with E-state index >= 15 is 0 Å². The van der Waals surface area contributed by atoms with Crippen LogP contribution in [0.15, 0.2) is 24.3 Å². The summed E-state index contributed by atoms with van der Waals surface area (Å²) in [7, 11) is 0. The second kappa shape index (κ2) is 6.95. The summed E-state index contributed by atoms with van der Waals surface area (Å²) in [6, 6.07) is 7.82. The van der Waals surface area contributed by atoms with E-state index in [-0.39, 0.29) is 0 Å². The van der Waals surface area contributed by atoms with Crippen molar-refractivity contribution in [3.05, 3.63) is 29.8 Å². The highest BCUT2D eigenvalue weighted by atomic mass is 16.3. The Kier molecular flexibility index (Phi) is 5.26. The number of hydrogen-bond acceptors (Lipinski definition) is 2. The number of phenols is 1. The van der Waals surface area contributed by atoms with Gasteiger partial charge in [-0.15, -0.1) is 0 Å². The summed E-state index contributed by atoms with van der Waals surface area (Å²) >= 11 is 0. The summed E-state index contributed by atoms with van der Waals surface area (Å²) in [5.41, 5.74) is 1.31. The lowest BCUT2D eigenvalue weighted by molar-refractivity contribution is 0.160. The van der Waals surface area contributed by atoms with Gasteiger partial charge in [-0.2, -0.15) is 0 Å². The van der Waals surface area contributed by atoms with Crippen LogP contribution in [-0.4, -0.2) is 29.6 Å². The van der Waals surface area contributed by atoms with Crippen molar-refractivity contribution in [3.63, 3.8) is 0 Å². The first-order chi connectivity index (χ1) is 9.20. The Balaban J connectivity index is 1.90. The molecule has 1 aromatic carbocycles. The van der Waals surface area contributed by atoms with Gasteiger partial charge in [0.2, 0.25) is 0 Å². The number of unbranched alkanes of at least 4 members (excludes halogenated alkanes) is 2. The van der Waals surface area contributed by atoms with Gasteiger partial charge in [-0.25, -0.2) is 0 Å². The molecule has 1 aliphatic heterocycles. The second-order valence-corrected chi connectivity index (χ2v) is 5.98. The number of nitrogens with zero attached hydrogens (tertiary/aromatic N) is 1. The van der Waals surface area contributed by atoms with Gasteiger partial charge >= 0.3 is 0 Å². The summed E-state index contributed by atoms with van der Waals surface area (Å²) in [5.74, 6) is 1.68. The largest absolute Gasteiger partial charge is 0.508 e. The molecule has 1 aliphatic rings. The molecule has 0 bridgehead atoms. The molecule has 106 valence electrons. The van der Waals surface area contributed by atoms with Crippen molar-refractivity contribution in [2.75, 3.05) is 19.6 Å². The molecule has 1 heterocycles. The molecule has 0 amide bonds. The SMILES string of the molecule is CCCCCN1CC[C@@H](c2cccc(O)c2)[C@@H](C)C1. The van der Waals surface area contributed by atoms with Crippen LogP contribution in [0.1, 0.15) is 51.0 Å². The van der Waals surface area contributed by atoms with Crippen LogP contribution < -0.4 is 0 Å². The first-order valence-corrected chi connectivity index (χ1v) is 7.72. The second-order valence-electron chi connectivity index (χ2n) is 5.98. The van der Waals surface area contributed by atoms with E-state index in [4.69, 9.17) is 0 Å². The number of aromatic hydroxyl groups is 1. The summed E-state index contributed by atoms with van der Waals surface area (Å²) in [5, 5.41) is 9.61. The van der Waals surface area contributed by atoms with Gasteiger partial charge in [0.1, 0.15) is 5.75 Å². The lowest BCUT2D eigenvalue weighted by atomic mass is 9.81. The first-order valence-electron chi connectivity index (χ1n) is 7.72. The van der Waals surface area contributed by atoms with Gasteiger partial charge in [-0.3, -0.25) is 0 Å². The minimum atomic E-state index is 0.398. The molecule has 19 heavy (non-hydrogen) atoms. The Morgan fingerprint density at radius 3 is 2.84 bits per heavy atom. The van der Waals surface area contributed by atoms with E-state index in [2.05, 4.69) is 24.8 Å². The molecule has 1 aromatic rings. The molecule has 1 saturated heterocycles. The van der Waals surface area contributed by atoms with Gasteiger partial charge in [0.05, 0.1) is 0 Å². The van der Waals surface area contributed by atoms with Crippen molar-refractivity contribution in [1.82, 2.24) is 4.90 Å². The summed E-state index contributed by atoms with van der Waals surface area (Å²) in [6.45, 7) is 8.26. The average Bonchev–Trinajstić information content (AvgIpc) is 2.39. The molecule has 0 unspecified atom stereocenters. The zero-order valence-electron chi connectivity index (χ0n) is 12.3. The summed E-state index contributed by atoms with van der Waals surface area (Å²) in [6.07, 6.45) is 5.20. The zero-order chi connectivity index (χ0) is 13.7. The highest BCUT2D eigenvalue weighted by Gasteiger charge is 2.26. The molecule has 0 spiro atoms. The van der Waals surface area contributed by atoms with E-state index in [0.717, 1.165) is 0 Å². The Hall–Kier alpha value is -1.02. The molecule has 0 saturated carbocycles. The monoisotopic (exact) mass is 261 g/mol. The topological polar surface area (TPSA) is 23.5 Å². The molecule has 2 nitrogen and oxygen atoms in total. The molecular formula is C17H27NO. The van der Waals surface area contributed by atoms with E-state index in [1.165, 1.54) is 50.9 Å². The highest BCUT2D eigenvalue weighted by molar-refractivity contribution is 5.30. The van der Waals surface area contributed by atoms with Gasteiger partial charge in [-0.1, -0.05) is 38.8 Å². The molecular weight excluding hydrogens is 234 g/mol. The molecule has 2 atom stereocenters. The van der Waals surface area contributed by atoms with Crippen LogP contribution in [0.25, 0.3) is 0 Å². The fraction of sp³-hybridized carbons (Fsp3) is 0.647. The van der Waals surface area contributed by atoms with Crippen LogP contribution in [0.5, 0.6) is 5.75 Å². The number of benzene rings is 1. The predicted molar refractivity (Wildman–Crippen MR) is 80.6 cm³/mol. The fourth-order valence-corrected chi connectivity index (χ4v) is 3.27. The van der Waals surface area contributed by atoms with Crippen molar-refractivity contribution in [2.45, 2.75) is 45.4 Å². The minimum Gasteiger partial charge on any atom is -0.508 e. The number of hydrogen-bond donors (Lipinski definition) is 1. The maximum absolute atomic E-state index is 9.61. The third kappa shape index (κ3) is 3.97. The van der Waals surface area contributed by atoms with Gasteiger partial charge in [0.15, 0.2) is 0 Å². The van der Waals surface area contributed by atoms with Crippen LogP contribution in [0.2, 0.25) is 0 Å². The van der Waals surface area contributed by atoms with Crippen molar-refractivity contribution in [1.29, 1.82) is 0 Å². The van der Waals surface area contributed by atoms with Gasteiger partial charge < -0.3 is 10.0 Å². The molecule has 1 fully saturated rings. The van der Waals surface area contributed by atoms with E-state index in [1.54, 1.807) is 6.07 Å². The highest BCUT2D eigenvalue weighted by Crippen LogP contribution is 2.34. The van der Waals surface area contributed by atoms with Gasteiger partial charge in [0, 0.05) is 6.54 Å². The number of likely N-dealkylation sites (tertiary alicyclic amines) is 1. The standard InChI is InChI=1S/C17H27NO/c1-3-4-5-10-18-11-9-17(14(2)13-18)15-7-6-8-16(19)12-15/h6-8,12,14,17,19H,3-5,9-11,13H2,1-2H3/t14-,17+/m0/s1. The maximum atomic E-state index is 9.61. The lowest BCUT2D eigenvalue weighted by Crippen LogP contribution is -2.38. The Morgan fingerprint density at radius 1 is 1.32 bits per heavy atom. The third-order valence-electron chi connectivity index (χ3n) is 4.37. The summed E-state index contributed by atoms with van der Waals surface area (Å²) in [4.78, 5) is 2.61. The van der Waals surface area contributed by atoms with Crippen LogP contribution in [0, 0.1) is 5.92 Å². The molecule has 0 aromatic heterocycles.